The average Bonchev–Trinajstić information content (AvgIpc) is 1.38. The van der Waals surface area contributed by atoms with E-state index >= 15 is 0 Å². The molecule has 0 spiro atoms. The van der Waals surface area contributed by atoms with Gasteiger partial charge in [0.1, 0.15) is 5.56 Å². The van der Waals surface area contributed by atoms with E-state index in [1.165, 1.54) is 0 Å². The highest BCUT2D eigenvalue weighted by atomic mass is 35.5. The summed E-state index contributed by atoms with van der Waals surface area (Å²) in [6, 6.07) is 0. The molecule has 0 rings (SSSR count). The first-order valence-corrected chi connectivity index (χ1v) is 1.67. The number of halogens is 1. The molecule has 0 aromatic rings. The molecule has 1 atom stereocenters. The number of aliphatic hydroxyl groups excluding tert-OH is 1. The van der Waals surface area contributed by atoms with E-state index in [1.54, 1.807) is 0 Å². The zero-order chi connectivity index (χ0) is 4.28. The second-order valence-electron chi connectivity index (χ2n) is 0.639. The van der Waals surface area contributed by atoms with Gasteiger partial charge < -0.3 is 5.11 Å². The normalized spacial score (nSPS) is 15.0. The minimum absolute atomic E-state index is 0.123. The molecule has 5 heavy (non-hydrogen) atoms. The molecule has 0 aromatic heterocycles. The number of hydrogen-bond donors (Lipinski definition) is 1. The molecule has 0 aromatic carbocycles. The van der Waals surface area contributed by atoms with Gasteiger partial charge in [-0.15, -0.1) is 0 Å². The molecule has 2 N–H and O–H groups in total. The molecule has 0 saturated carbocycles. The highest BCUT2D eigenvalue weighted by Crippen LogP contribution is 1.81. The first kappa shape index (κ1) is 5.21. The van der Waals surface area contributed by atoms with Gasteiger partial charge in [-0.1, -0.05) is 11.6 Å². The van der Waals surface area contributed by atoms with E-state index < -0.39 is 5.56 Å². The summed E-state index contributed by atoms with van der Waals surface area (Å²) in [6.07, 6.45) is 0. The third-order valence-corrected chi connectivity index (χ3v) is 0.323. The van der Waals surface area contributed by atoms with Crippen LogP contribution in [0.2, 0.25) is 0 Å². The number of aliphatic hydroxyl groups is 1. The summed E-state index contributed by atoms with van der Waals surface area (Å²) in [5, 5.41) is 7.94. The Hall–Kier alpha value is 0.210. The van der Waals surface area contributed by atoms with Crippen LogP contribution in [0.4, 0.5) is 0 Å². The smallest absolute Gasteiger partial charge is 0.141 e. The number of hydrogen-bond acceptors (Lipinski definition) is 1. The minimum atomic E-state index is -0.977. The fraction of sp³-hybridized carbons (Fsp3) is 1.00. The van der Waals surface area contributed by atoms with Crippen molar-refractivity contribution in [1.29, 1.82) is 0 Å². The van der Waals surface area contributed by atoms with Gasteiger partial charge in [-0.2, -0.15) is 0 Å². The molecule has 3 heteroatoms. The quantitative estimate of drug-likeness (QED) is 0.451. The third-order valence-electron chi connectivity index (χ3n) is 0.168. The molecule has 1 unspecified atom stereocenters. The summed E-state index contributed by atoms with van der Waals surface area (Å²) in [6.45, 7) is -0.123. The van der Waals surface area contributed by atoms with Crippen molar-refractivity contribution in [1.82, 2.24) is 5.73 Å². The molecule has 0 aliphatic rings. The molecule has 2 nitrogen and oxygen atoms in total. The Balaban J connectivity index is 2.54. The molecule has 0 amide bonds. The molecule has 0 saturated heterocycles. The van der Waals surface area contributed by atoms with E-state index in [2.05, 4.69) is 0 Å². The molecular weight excluding hydrogens is 89.5 g/mol. The van der Waals surface area contributed by atoms with Crippen LogP contribution in [0, 0.1) is 0 Å². The van der Waals surface area contributed by atoms with Crippen molar-refractivity contribution >= 4 is 11.6 Å². The molecule has 0 bridgehead atoms. The minimum Gasteiger partial charge on any atom is -0.376 e. The van der Waals surface area contributed by atoms with E-state index in [1.807, 2.05) is 0 Å². The lowest BCUT2D eigenvalue weighted by molar-refractivity contribution is 0.262. The van der Waals surface area contributed by atoms with Crippen LogP contribution in [-0.2, 0) is 0 Å². The van der Waals surface area contributed by atoms with Crippen molar-refractivity contribution < 1.29 is 5.11 Å². The number of rotatable bonds is 1. The summed E-state index contributed by atoms with van der Waals surface area (Å²) in [4.78, 5) is 0. The SMILES string of the molecule is [NH]CC(O)Cl. The summed E-state index contributed by atoms with van der Waals surface area (Å²) < 4.78 is 0. The van der Waals surface area contributed by atoms with Crippen LogP contribution in [0.5, 0.6) is 0 Å². The Labute approximate surface area is 35.5 Å². The lowest BCUT2D eigenvalue weighted by Crippen LogP contribution is -2.01. The number of nitrogens with one attached hydrogen (secondary N) is 1. The summed E-state index contributed by atoms with van der Waals surface area (Å²) in [5.74, 6) is 0. The largest absolute Gasteiger partial charge is 0.376 e. The Morgan fingerprint density at radius 2 is 2.20 bits per heavy atom. The van der Waals surface area contributed by atoms with Gasteiger partial charge in [0.05, 0.1) is 6.54 Å². The van der Waals surface area contributed by atoms with Crippen LogP contribution < -0.4 is 5.73 Å². The van der Waals surface area contributed by atoms with Crippen LogP contribution in [-0.4, -0.2) is 17.2 Å². The Bertz CT molecular complexity index is 23.6. The zero-order valence-electron chi connectivity index (χ0n) is 2.61. The molecular formula is C2H5ClNO. The van der Waals surface area contributed by atoms with E-state index in [4.69, 9.17) is 22.4 Å². The van der Waals surface area contributed by atoms with E-state index in [0.29, 0.717) is 0 Å². The fourth-order valence-corrected chi connectivity index (χ4v) is 0. The van der Waals surface area contributed by atoms with Crippen molar-refractivity contribution in [2.45, 2.75) is 5.56 Å². The van der Waals surface area contributed by atoms with Gasteiger partial charge in [-0.3, -0.25) is 5.73 Å². The highest BCUT2D eigenvalue weighted by molar-refractivity contribution is 6.19. The standard InChI is InChI=1S/C2H5ClNO/c3-2(5)1-4/h2,4-5H,1H2. The van der Waals surface area contributed by atoms with Crippen molar-refractivity contribution in [3.05, 3.63) is 0 Å². The fourth-order valence-electron chi connectivity index (χ4n) is 0. The molecule has 31 valence electrons. The topological polar surface area (TPSA) is 44.0 Å². The summed E-state index contributed by atoms with van der Waals surface area (Å²) >= 11 is 4.83. The molecule has 0 heterocycles. The maximum Gasteiger partial charge on any atom is 0.141 e. The lowest BCUT2D eigenvalue weighted by atomic mass is 10.7. The second kappa shape index (κ2) is 2.45. The van der Waals surface area contributed by atoms with Gasteiger partial charge in [-0.05, 0) is 0 Å². The van der Waals surface area contributed by atoms with Crippen LogP contribution in [0.25, 0.3) is 0 Å². The third kappa shape index (κ3) is 4.21. The highest BCUT2D eigenvalue weighted by Gasteiger charge is 1.86. The first-order chi connectivity index (χ1) is 2.27. The maximum absolute atomic E-state index is 7.94. The van der Waals surface area contributed by atoms with Crippen molar-refractivity contribution in [2.24, 2.45) is 0 Å². The maximum atomic E-state index is 7.94. The van der Waals surface area contributed by atoms with Crippen LogP contribution in [0.15, 0.2) is 0 Å². The zero-order valence-corrected chi connectivity index (χ0v) is 3.37. The number of alkyl halides is 1. The van der Waals surface area contributed by atoms with Crippen molar-refractivity contribution in [2.75, 3.05) is 6.54 Å². The van der Waals surface area contributed by atoms with Gasteiger partial charge in [0.25, 0.3) is 0 Å². The molecule has 0 aliphatic heterocycles. The Morgan fingerprint density at radius 1 is 2.00 bits per heavy atom. The average molecular weight is 94.5 g/mol. The monoisotopic (exact) mass is 94.0 g/mol. The first-order valence-electron chi connectivity index (χ1n) is 1.24. The predicted molar refractivity (Wildman–Crippen MR) is 19.8 cm³/mol. The second-order valence-corrected chi connectivity index (χ2v) is 1.14. The van der Waals surface area contributed by atoms with Crippen molar-refractivity contribution in [3.63, 3.8) is 0 Å². The summed E-state index contributed by atoms with van der Waals surface area (Å²) in [7, 11) is 0. The van der Waals surface area contributed by atoms with Gasteiger partial charge in [0.15, 0.2) is 0 Å². The Kier molecular flexibility index (Phi) is 2.55. The van der Waals surface area contributed by atoms with Gasteiger partial charge in [0.2, 0.25) is 0 Å². The van der Waals surface area contributed by atoms with E-state index in [0.717, 1.165) is 0 Å². The molecule has 0 aliphatic carbocycles. The molecule has 0 fully saturated rings. The van der Waals surface area contributed by atoms with Gasteiger partial charge in [-0.25, -0.2) is 0 Å². The van der Waals surface area contributed by atoms with Crippen LogP contribution in [0.1, 0.15) is 0 Å². The van der Waals surface area contributed by atoms with E-state index in [9.17, 15) is 0 Å². The lowest BCUT2D eigenvalue weighted by Gasteiger charge is -1.86. The van der Waals surface area contributed by atoms with Gasteiger partial charge >= 0.3 is 0 Å². The van der Waals surface area contributed by atoms with Gasteiger partial charge in [0, 0.05) is 0 Å². The van der Waals surface area contributed by atoms with E-state index in [-0.39, 0.29) is 6.54 Å². The predicted octanol–water partition coefficient (Wildman–Crippen LogP) is -0.174. The van der Waals surface area contributed by atoms with Crippen LogP contribution >= 0.6 is 11.6 Å². The summed E-state index contributed by atoms with van der Waals surface area (Å²) in [5.41, 5.74) is 5.30. The Morgan fingerprint density at radius 3 is 2.20 bits per heavy atom. The molecule has 1 radical (unpaired) electrons. The van der Waals surface area contributed by atoms with Crippen LogP contribution in [0.3, 0.4) is 0 Å². The van der Waals surface area contributed by atoms with Crippen molar-refractivity contribution in [3.8, 4) is 0 Å².